The number of aryl methyl sites for hydroxylation is 1. The lowest BCUT2D eigenvalue weighted by Gasteiger charge is -2.35. The highest BCUT2D eigenvalue weighted by atomic mass is 16.5. The van der Waals surface area contributed by atoms with Gasteiger partial charge in [-0.05, 0) is 59.2 Å². The summed E-state index contributed by atoms with van der Waals surface area (Å²) in [5, 5.41) is 0. The van der Waals surface area contributed by atoms with Gasteiger partial charge in [0.15, 0.2) is 0 Å². The van der Waals surface area contributed by atoms with E-state index in [1.807, 2.05) is 0 Å². The Balaban J connectivity index is 2.00. The number of hydrogen-bond donors (Lipinski definition) is 0. The molecule has 1 aromatic rings. The molecule has 94 valence electrons. The molecular formula is C16H18O2. The summed E-state index contributed by atoms with van der Waals surface area (Å²) in [7, 11) is 1.76. The molecular weight excluding hydrogens is 224 g/mol. The maximum atomic E-state index is 5.82. The summed E-state index contributed by atoms with van der Waals surface area (Å²) in [5.41, 5.74) is 7.83. The van der Waals surface area contributed by atoms with Crippen molar-refractivity contribution < 1.29 is 9.47 Å². The van der Waals surface area contributed by atoms with E-state index in [0.717, 1.165) is 38.2 Å². The number of benzene rings is 1. The van der Waals surface area contributed by atoms with Crippen LogP contribution in [0, 0.1) is 5.41 Å². The van der Waals surface area contributed by atoms with Crippen LogP contribution in [-0.2, 0) is 17.6 Å². The Bertz CT molecular complexity index is 571. The van der Waals surface area contributed by atoms with E-state index >= 15 is 0 Å². The number of rotatable bonds is 1. The molecule has 2 heteroatoms. The van der Waals surface area contributed by atoms with E-state index in [4.69, 9.17) is 9.47 Å². The molecule has 4 rings (SSSR count). The van der Waals surface area contributed by atoms with Crippen molar-refractivity contribution in [2.45, 2.75) is 26.2 Å². The minimum atomic E-state index is 0.206. The molecule has 0 amide bonds. The Labute approximate surface area is 108 Å². The molecule has 0 saturated heterocycles. The van der Waals surface area contributed by atoms with Crippen LogP contribution in [-0.4, -0.2) is 20.3 Å². The van der Waals surface area contributed by atoms with Crippen LogP contribution in [0.3, 0.4) is 0 Å². The Morgan fingerprint density at radius 1 is 1.22 bits per heavy atom. The third kappa shape index (κ3) is 1.22. The summed E-state index contributed by atoms with van der Waals surface area (Å²) in [6, 6.07) is 4.45. The lowest BCUT2D eigenvalue weighted by molar-refractivity contribution is 0.0836. The van der Waals surface area contributed by atoms with Crippen LogP contribution in [0.1, 0.15) is 30.0 Å². The van der Waals surface area contributed by atoms with Gasteiger partial charge in [0.25, 0.3) is 0 Å². The molecule has 3 aliphatic rings. The van der Waals surface area contributed by atoms with Gasteiger partial charge in [-0.3, -0.25) is 0 Å². The summed E-state index contributed by atoms with van der Waals surface area (Å²) in [6.07, 6.45) is 3.40. The highest BCUT2D eigenvalue weighted by Crippen LogP contribution is 2.54. The van der Waals surface area contributed by atoms with Crippen molar-refractivity contribution in [3.8, 4) is 5.75 Å². The second-order valence-corrected chi connectivity index (χ2v) is 6.03. The zero-order valence-corrected chi connectivity index (χ0v) is 11.0. The van der Waals surface area contributed by atoms with Crippen LogP contribution in [0.5, 0.6) is 5.75 Å². The van der Waals surface area contributed by atoms with E-state index in [-0.39, 0.29) is 5.41 Å². The van der Waals surface area contributed by atoms with Crippen molar-refractivity contribution in [1.82, 2.24) is 0 Å². The molecule has 0 radical (unpaired) electrons. The third-order valence-electron chi connectivity index (χ3n) is 4.69. The van der Waals surface area contributed by atoms with E-state index in [0.29, 0.717) is 0 Å². The van der Waals surface area contributed by atoms with Crippen LogP contribution in [0.2, 0.25) is 0 Å². The molecule has 1 atom stereocenters. The first-order chi connectivity index (χ1) is 8.71. The van der Waals surface area contributed by atoms with Gasteiger partial charge in [0.05, 0.1) is 20.3 Å². The predicted molar refractivity (Wildman–Crippen MR) is 70.9 cm³/mol. The van der Waals surface area contributed by atoms with Crippen LogP contribution in [0.25, 0.3) is 5.57 Å². The van der Waals surface area contributed by atoms with Crippen molar-refractivity contribution in [1.29, 1.82) is 0 Å². The first kappa shape index (κ1) is 10.6. The van der Waals surface area contributed by atoms with Crippen LogP contribution in [0.4, 0.5) is 0 Å². The molecule has 1 unspecified atom stereocenters. The lowest BCUT2D eigenvalue weighted by Crippen LogP contribution is -2.30. The predicted octanol–water partition coefficient (Wildman–Crippen LogP) is 2.99. The Morgan fingerprint density at radius 2 is 2.06 bits per heavy atom. The van der Waals surface area contributed by atoms with Crippen molar-refractivity contribution in [2.24, 2.45) is 5.41 Å². The number of hydrogen-bond acceptors (Lipinski definition) is 2. The van der Waals surface area contributed by atoms with Gasteiger partial charge in [0.2, 0.25) is 0 Å². The highest BCUT2D eigenvalue weighted by molar-refractivity contribution is 5.84. The Morgan fingerprint density at radius 3 is 2.89 bits per heavy atom. The average Bonchev–Trinajstić information content (AvgIpc) is 2.68. The molecule has 0 bridgehead atoms. The molecule has 1 heterocycles. The van der Waals surface area contributed by atoms with Crippen molar-refractivity contribution in [2.75, 3.05) is 20.3 Å². The maximum Gasteiger partial charge on any atom is 0.119 e. The topological polar surface area (TPSA) is 18.5 Å². The average molecular weight is 242 g/mol. The maximum absolute atomic E-state index is 5.82. The fraction of sp³-hybridized carbons (Fsp3) is 0.500. The molecule has 0 fully saturated rings. The summed E-state index contributed by atoms with van der Waals surface area (Å²) >= 11 is 0. The first-order valence-corrected chi connectivity index (χ1v) is 6.72. The summed E-state index contributed by atoms with van der Waals surface area (Å²) in [6.45, 7) is 4.06. The largest absolute Gasteiger partial charge is 0.497 e. The summed E-state index contributed by atoms with van der Waals surface area (Å²) in [5.74, 6) is 1.01. The van der Waals surface area contributed by atoms with Crippen LogP contribution in [0.15, 0.2) is 17.7 Å². The van der Waals surface area contributed by atoms with Crippen molar-refractivity contribution in [3.05, 3.63) is 34.4 Å². The SMILES string of the molecule is COc1cc2c3c(c1)CC1(C)COCC(=C31)CC2. The second kappa shape index (κ2) is 3.39. The molecule has 2 aliphatic carbocycles. The molecule has 0 aromatic heterocycles. The number of methoxy groups -OCH3 is 1. The fourth-order valence-corrected chi connectivity index (χ4v) is 4.00. The van der Waals surface area contributed by atoms with Gasteiger partial charge in [-0.2, -0.15) is 0 Å². The third-order valence-corrected chi connectivity index (χ3v) is 4.69. The van der Waals surface area contributed by atoms with E-state index in [9.17, 15) is 0 Å². The molecule has 1 aromatic carbocycles. The minimum Gasteiger partial charge on any atom is -0.497 e. The standard InChI is InChI=1S/C16H18O2/c1-16-7-12-6-13(17-2)5-10-3-4-11(8-18-9-16)15(16)14(10)12/h5-6H,3-4,7-9H2,1-2H3. The summed E-state index contributed by atoms with van der Waals surface area (Å²) in [4.78, 5) is 0. The fourth-order valence-electron chi connectivity index (χ4n) is 4.00. The van der Waals surface area contributed by atoms with Crippen LogP contribution >= 0.6 is 0 Å². The Hall–Kier alpha value is -1.28. The second-order valence-electron chi connectivity index (χ2n) is 6.03. The van der Waals surface area contributed by atoms with Crippen LogP contribution < -0.4 is 4.74 Å². The smallest absolute Gasteiger partial charge is 0.119 e. The quantitative estimate of drug-likeness (QED) is 0.753. The van der Waals surface area contributed by atoms with Gasteiger partial charge >= 0.3 is 0 Å². The zero-order chi connectivity index (χ0) is 12.3. The molecule has 18 heavy (non-hydrogen) atoms. The van der Waals surface area contributed by atoms with Crippen molar-refractivity contribution in [3.63, 3.8) is 0 Å². The van der Waals surface area contributed by atoms with Gasteiger partial charge in [0, 0.05) is 5.41 Å². The van der Waals surface area contributed by atoms with Gasteiger partial charge in [-0.25, -0.2) is 0 Å². The van der Waals surface area contributed by atoms with E-state index in [1.54, 1.807) is 18.3 Å². The van der Waals surface area contributed by atoms with E-state index < -0.39 is 0 Å². The number of ether oxygens (including phenoxy) is 2. The first-order valence-electron chi connectivity index (χ1n) is 6.72. The monoisotopic (exact) mass is 242 g/mol. The molecule has 2 nitrogen and oxygen atoms in total. The summed E-state index contributed by atoms with van der Waals surface area (Å²) < 4.78 is 11.3. The van der Waals surface area contributed by atoms with E-state index in [2.05, 4.69) is 19.1 Å². The lowest BCUT2D eigenvalue weighted by atomic mass is 9.75. The van der Waals surface area contributed by atoms with Gasteiger partial charge in [-0.1, -0.05) is 6.92 Å². The van der Waals surface area contributed by atoms with Gasteiger partial charge < -0.3 is 9.47 Å². The zero-order valence-electron chi connectivity index (χ0n) is 11.0. The van der Waals surface area contributed by atoms with Crippen molar-refractivity contribution >= 4 is 5.57 Å². The molecule has 0 spiro atoms. The Kier molecular flexibility index (Phi) is 2.00. The molecule has 1 aliphatic heterocycles. The minimum absolute atomic E-state index is 0.206. The van der Waals surface area contributed by atoms with E-state index in [1.165, 1.54) is 16.7 Å². The molecule has 0 N–H and O–H groups in total. The molecule has 0 saturated carbocycles. The van der Waals surface area contributed by atoms with Gasteiger partial charge in [0.1, 0.15) is 5.75 Å². The normalized spacial score (nSPS) is 28.3. The van der Waals surface area contributed by atoms with Gasteiger partial charge in [-0.15, -0.1) is 0 Å². The highest BCUT2D eigenvalue weighted by Gasteiger charge is 2.44.